The van der Waals surface area contributed by atoms with Gasteiger partial charge in [-0.3, -0.25) is 14.9 Å². The van der Waals surface area contributed by atoms with Crippen LogP contribution in [0.15, 0.2) is 39.9 Å². The number of non-ortho nitro benzene ring substituents is 1. The summed E-state index contributed by atoms with van der Waals surface area (Å²) in [5.41, 5.74) is 2.63. The Kier molecular flexibility index (Phi) is 4.52. The van der Waals surface area contributed by atoms with Crippen molar-refractivity contribution in [2.24, 2.45) is 5.10 Å². The SMILES string of the molecule is COc1ccc([N+](=O)[O-])cc1-c1ccc(/C=N\NC(C)=O)o1. The Morgan fingerprint density at radius 1 is 1.41 bits per heavy atom. The van der Waals surface area contributed by atoms with Crippen LogP contribution in [-0.2, 0) is 4.79 Å². The normalized spacial score (nSPS) is 10.6. The Morgan fingerprint density at radius 2 is 2.18 bits per heavy atom. The molecule has 0 saturated heterocycles. The van der Waals surface area contributed by atoms with Crippen molar-refractivity contribution in [3.8, 4) is 17.1 Å². The van der Waals surface area contributed by atoms with Gasteiger partial charge in [-0.15, -0.1) is 0 Å². The fraction of sp³-hybridized carbons (Fsp3) is 0.143. The van der Waals surface area contributed by atoms with Crippen molar-refractivity contribution < 1.29 is 18.9 Å². The number of ether oxygens (including phenoxy) is 1. The molecule has 2 rings (SSSR count). The van der Waals surface area contributed by atoms with E-state index in [2.05, 4.69) is 10.5 Å². The molecule has 0 unspecified atom stereocenters. The van der Waals surface area contributed by atoms with Crippen LogP contribution < -0.4 is 10.2 Å². The number of nitro groups is 1. The summed E-state index contributed by atoms with van der Waals surface area (Å²) in [4.78, 5) is 21.1. The molecular formula is C14H13N3O5. The van der Waals surface area contributed by atoms with Gasteiger partial charge in [-0.2, -0.15) is 5.10 Å². The van der Waals surface area contributed by atoms with Gasteiger partial charge in [0.2, 0.25) is 5.91 Å². The summed E-state index contributed by atoms with van der Waals surface area (Å²) < 4.78 is 10.7. The average Bonchev–Trinajstić information content (AvgIpc) is 2.94. The van der Waals surface area contributed by atoms with Gasteiger partial charge in [0, 0.05) is 19.1 Å². The van der Waals surface area contributed by atoms with E-state index >= 15 is 0 Å². The summed E-state index contributed by atoms with van der Waals surface area (Å²) in [7, 11) is 1.47. The number of nitrogens with one attached hydrogen (secondary N) is 1. The third-order valence-electron chi connectivity index (χ3n) is 2.70. The third kappa shape index (κ3) is 3.48. The molecule has 8 nitrogen and oxygen atoms in total. The van der Waals surface area contributed by atoms with Crippen molar-refractivity contribution in [2.45, 2.75) is 6.92 Å². The highest BCUT2D eigenvalue weighted by Crippen LogP contribution is 2.34. The number of carbonyl (C=O) groups excluding carboxylic acids is 1. The minimum absolute atomic E-state index is 0.0688. The topological polar surface area (TPSA) is 107 Å². The molecule has 114 valence electrons. The highest BCUT2D eigenvalue weighted by atomic mass is 16.6. The molecule has 0 bridgehead atoms. The van der Waals surface area contributed by atoms with Crippen LogP contribution in [0, 0.1) is 10.1 Å². The highest BCUT2D eigenvalue weighted by Gasteiger charge is 2.15. The molecule has 0 aliphatic rings. The van der Waals surface area contributed by atoms with Crippen molar-refractivity contribution in [3.05, 3.63) is 46.2 Å². The second kappa shape index (κ2) is 6.53. The molecule has 8 heteroatoms. The molecule has 22 heavy (non-hydrogen) atoms. The van der Waals surface area contributed by atoms with Crippen LogP contribution in [0.1, 0.15) is 12.7 Å². The molecular weight excluding hydrogens is 290 g/mol. The monoisotopic (exact) mass is 303 g/mol. The lowest BCUT2D eigenvalue weighted by molar-refractivity contribution is -0.384. The zero-order valence-electron chi connectivity index (χ0n) is 11.9. The lowest BCUT2D eigenvalue weighted by Crippen LogP contribution is -2.12. The zero-order valence-corrected chi connectivity index (χ0v) is 11.9. The minimum Gasteiger partial charge on any atom is -0.496 e. The minimum atomic E-state index is -0.495. The van der Waals surface area contributed by atoms with Crippen molar-refractivity contribution in [1.82, 2.24) is 5.43 Å². The van der Waals surface area contributed by atoms with E-state index in [1.807, 2.05) is 0 Å². The molecule has 1 amide bonds. The number of hydrazone groups is 1. The quantitative estimate of drug-likeness (QED) is 0.518. The summed E-state index contributed by atoms with van der Waals surface area (Å²) in [6, 6.07) is 7.48. The van der Waals surface area contributed by atoms with Crippen LogP contribution in [0.3, 0.4) is 0 Å². The van der Waals surface area contributed by atoms with Gasteiger partial charge in [0.1, 0.15) is 17.3 Å². The first-order valence-electron chi connectivity index (χ1n) is 6.23. The predicted molar refractivity (Wildman–Crippen MR) is 78.8 cm³/mol. The molecule has 1 N–H and O–H groups in total. The second-order valence-electron chi connectivity index (χ2n) is 4.27. The number of nitrogens with zero attached hydrogens (tertiary/aromatic N) is 2. The number of hydrogen-bond acceptors (Lipinski definition) is 6. The summed E-state index contributed by atoms with van der Waals surface area (Å²) in [6.07, 6.45) is 1.33. The molecule has 0 radical (unpaired) electrons. The third-order valence-corrected chi connectivity index (χ3v) is 2.70. The zero-order chi connectivity index (χ0) is 16.1. The Hall–Kier alpha value is -3.16. The Balaban J connectivity index is 2.33. The fourth-order valence-corrected chi connectivity index (χ4v) is 1.76. The van der Waals surface area contributed by atoms with Crippen LogP contribution in [0.5, 0.6) is 5.75 Å². The molecule has 1 heterocycles. The van der Waals surface area contributed by atoms with Crippen molar-refractivity contribution in [3.63, 3.8) is 0 Å². The number of hydrogen-bond donors (Lipinski definition) is 1. The molecule has 0 aliphatic carbocycles. The smallest absolute Gasteiger partial charge is 0.270 e. The van der Waals surface area contributed by atoms with Gasteiger partial charge in [0.05, 0.1) is 23.8 Å². The van der Waals surface area contributed by atoms with Gasteiger partial charge in [-0.05, 0) is 18.2 Å². The van der Waals surface area contributed by atoms with Gasteiger partial charge in [0.15, 0.2) is 0 Å². The maximum absolute atomic E-state index is 10.9. The standard InChI is InChI=1S/C14H13N3O5/c1-9(18)16-15-8-11-4-6-14(22-11)12-7-10(17(19)20)3-5-13(12)21-2/h3-8H,1-2H3,(H,16,18)/b15-8-. The van der Waals surface area contributed by atoms with Crippen molar-refractivity contribution >= 4 is 17.8 Å². The summed E-state index contributed by atoms with van der Waals surface area (Å²) in [5, 5.41) is 14.5. The molecule has 1 aromatic carbocycles. The molecule has 0 fully saturated rings. The lowest BCUT2D eigenvalue weighted by atomic mass is 10.1. The highest BCUT2D eigenvalue weighted by molar-refractivity contribution is 5.80. The molecule has 1 aromatic heterocycles. The van der Waals surface area contributed by atoms with Gasteiger partial charge in [-0.1, -0.05) is 0 Å². The first-order valence-corrected chi connectivity index (χ1v) is 6.23. The van der Waals surface area contributed by atoms with E-state index in [1.54, 1.807) is 12.1 Å². The number of carbonyl (C=O) groups is 1. The molecule has 0 spiro atoms. The van der Waals surface area contributed by atoms with E-state index in [9.17, 15) is 14.9 Å². The first kappa shape index (κ1) is 15.2. The fourth-order valence-electron chi connectivity index (χ4n) is 1.76. The average molecular weight is 303 g/mol. The maximum atomic E-state index is 10.9. The van der Waals surface area contributed by atoms with E-state index in [4.69, 9.17) is 9.15 Å². The maximum Gasteiger partial charge on any atom is 0.270 e. The van der Waals surface area contributed by atoms with Crippen LogP contribution >= 0.6 is 0 Å². The van der Waals surface area contributed by atoms with E-state index in [0.29, 0.717) is 22.8 Å². The number of benzene rings is 1. The Morgan fingerprint density at radius 3 is 2.82 bits per heavy atom. The number of amides is 1. The van der Waals surface area contributed by atoms with Crippen LogP contribution in [-0.4, -0.2) is 24.2 Å². The summed E-state index contributed by atoms with van der Waals surface area (Å²) in [6.45, 7) is 1.33. The van der Waals surface area contributed by atoms with E-state index < -0.39 is 4.92 Å². The van der Waals surface area contributed by atoms with Crippen molar-refractivity contribution in [2.75, 3.05) is 7.11 Å². The molecule has 0 aliphatic heterocycles. The van der Waals surface area contributed by atoms with Crippen LogP contribution in [0.25, 0.3) is 11.3 Å². The number of nitro benzene ring substituents is 1. The lowest BCUT2D eigenvalue weighted by Gasteiger charge is -2.05. The molecule has 2 aromatic rings. The van der Waals surface area contributed by atoms with Gasteiger partial charge >= 0.3 is 0 Å². The first-order chi connectivity index (χ1) is 10.5. The number of rotatable bonds is 5. The largest absolute Gasteiger partial charge is 0.496 e. The Bertz CT molecular complexity index is 736. The Labute approximate surface area is 125 Å². The van der Waals surface area contributed by atoms with E-state index in [0.717, 1.165) is 0 Å². The van der Waals surface area contributed by atoms with Crippen molar-refractivity contribution in [1.29, 1.82) is 0 Å². The molecule has 0 atom stereocenters. The molecule has 0 saturated carbocycles. The van der Waals surface area contributed by atoms with Gasteiger partial charge < -0.3 is 9.15 Å². The predicted octanol–water partition coefficient (Wildman–Crippen LogP) is 2.33. The van der Waals surface area contributed by atoms with Gasteiger partial charge in [0.25, 0.3) is 5.69 Å². The summed E-state index contributed by atoms with van der Waals surface area (Å²) >= 11 is 0. The van der Waals surface area contributed by atoms with Crippen LogP contribution in [0.2, 0.25) is 0 Å². The second-order valence-corrected chi connectivity index (χ2v) is 4.27. The number of methoxy groups -OCH3 is 1. The van der Waals surface area contributed by atoms with Crippen LogP contribution in [0.4, 0.5) is 5.69 Å². The van der Waals surface area contributed by atoms with Gasteiger partial charge in [-0.25, -0.2) is 5.43 Å². The number of furan rings is 1. The van der Waals surface area contributed by atoms with E-state index in [1.165, 1.54) is 38.4 Å². The summed E-state index contributed by atoms with van der Waals surface area (Å²) in [5.74, 6) is 0.927. The van der Waals surface area contributed by atoms with E-state index in [-0.39, 0.29) is 11.6 Å².